The molecule has 4 rings (SSSR count). The average Bonchev–Trinajstić information content (AvgIpc) is 3.16. The zero-order chi connectivity index (χ0) is 21.3. The Morgan fingerprint density at radius 1 is 1.23 bits per heavy atom. The third-order valence-electron chi connectivity index (χ3n) is 4.95. The highest BCUT2D eigenvalue weighted by molar-refractivity contribution is 7.09. The second-order valence-corrected chi connectivity index (χ2v) is 8.35. The van der Waals surface area contributed by atoms with Crippen LogP contribution in [0.15, 0.2) is 47.8 Å². The third-order valence-corrected chi connectivity index (χ3v) is 5.72. The van der Waals surface area contributed by atoms with Crippen molar-refractivity contribution in [1.29, 1.82) is 0 Å². The van der Waals surface area contributed by atoms with Crippen LogP contribution in [0.3, 0.4) is 0 Å². The van der Waals surface area contributed by atoms with Gasteiger partial charge < -0.3 is 10.1 Å². The van der Waals surface area contributed by atoms with Gasteiger partial charge in [-0.3, -0.25) is 14.5 Å². The van der Waals surface area contributed by atoms with Gasteiger partial charge in [-0.05, 0) is 56.2 Å². The van der Waals surface area contributed by atoms with Crippen LogP contribution < -0.4 is 15.0 Å². The van der Waals surface area contributed by atoms with Crippen LogP contribution in [0.5, 0.6) is 5.75 Å². The Morgan fingerprint density at radius 2 is 2.07 bits per heavy atom. The maximum absolute atomic E-state index is 13.0. The van der Waals surface area contributed by atoms with Crippen molar-refractivity contribution in [3.63, 3.8) is 0 Å². The number of carbonyl (C=O) groups is 2. The van der Waals surface area contributed by atoms with Gasteiger partial charge in [0.15, 0.2) is 6.10 Å². The molecule has 6 nitrogen and oxygen atoms in total. The molecule has 30 heavy (non-hydrogen) atoms. The Balaban J connectivity index is 1.64. The molecule has 0 radical (unpaired) electrons. The van der Waals surface area contributed by atoms with Crippen LogP contribution in [0.25, 0.3) is 11.3 Å². The number of benzene rings is 2. The highest BCUT2D eigenvalue weighted by atomic mass is 32.1. The largest absolute Gasteiger partial charge is 0.478 e. The lowest BCUT2D eigenvalue weighted by Gasteiger charge is -2.34. The summed E-state index contributed by atoms with van der Waals surface area (Å²) in [5, 5.41) is 5.83. The van der Waals surface area contributed by atoms with Gasteiger partial charge in [0.2, 0.25) is 5.91 Å². The number of aryl methyl sites for hydroxylation is 2. The lowest BCUT2D eigenvalue weighted by atomic mass is 10.1. The predicted octanol–water partition coefficient (Wildman–Crippen LogP) is 4.57. The lowest BCUT2D eigenvalue weighted by Crippen LogP contribution is -2.48. The summed E-state index contributed by atoms with van der Waals surface area (Å²) in [5.41, 5.74) is 4.07. The van der Waals surface area contributed by atoms with E-state index in [1.165, 1.54) is 4.90 Å². The molecule has 0 spiro atoms. The molecule has 1 N–H and O–H groups in total. The molecule has 2 aromatic carbocycles. The van der Waals surface area contributed by atoms with E-state index in [2.05, 4.69) is 10.3 Å². The van der Waals surface area contributed by atoms with Gasteiger partial charge in [-0.2, -0.15) is 0 Å². The van der Waals surface area contributed by atoms with Gasteiger partial charge in [-0.25, -0.2) is 4.98 Å². The summed E-state index contributed by atoms with van der Waals surface area (Å²) < 4.78 is 5.89. The van der Waals surface area contributed by atoms with Crippen molar-refractivity contribution < 1.29 is 14.3 Å². The zero-order valence-corrected chi connectivity index (χ0v) is 18.0. The zero-order valence-electron chi connectivity index (χ0n) is 17.1. The number of nitrogens with zero attached hydrogens (tertiary/aromatic N) is 2. The van der Waals surface area contributed by atoms with Gasteiger partial charge in [-0.15, -0.1) is 11.3 Å². The van der Waals surface area contributed by atoms with E-state index in [4.69, 9.17) is 4.74 Å². The van der Waals surface area contributed by atoms with E-state index < -0.39 is 6.10 Å². The minimum atomic E-state index is -0.600. The van der Waals surface area contributed by atoms with Gasteiger partial charge in [0.25, 0.3) is 5.91 Å². The summed E-state index contributed by atoms with van der Waals surface area (Å²) in [6, 6.07) is 13.2. The fraction of sp³-hybridized carbons (Fsp3) is 0.261. The number of thiazole rings is 1. The van der Waals surface area contributed by atoms with Gasteiger partial charge in [0.1, 0.15) is 12.3 Å². The first-order chi connectivity index (χ1) is 14.4. The van der Waals surface area contributed by atoms with Crippen LogP contribution in [0.1, 0.15) is 23.9 Å². The number of anilines is 2. The highest BCUT2D eigenvalue weighted by Gasteiger charge is 2.34. The Hall–Kier alpha value is -3.19. The van der Waals surface area contributed by atoms with Crippen molar-refractivity contribution in [2.75, 3.05) is 16.8 Å². The van der Waals surface area contributed by atoms with E-state index in [1.54, 1.807) is 11.3 Å². The Kier molecular flexibility index (Phi) is 5.55. The molecule has 0 fully saturated rings. The van der Waals surface area contributed by atoms with Crippen molar-refractivity contribution in [1.82, 2.24) is 4.98 Å². The highest BCUT2D eigenvalue weighted by Crippen LogP contribution is 2.38. The predicted molar refractivity (Wildman–Crippen MR) is 119 cm³/mol. The average molecular weight is 422 g/mol. The van der Waals surface area contributed by atoms with Gasteiger partial charge in [0, 0.05) is 16.6 Å². The second kappa shape index (κ2) is 8.28. The van der Waals surface area contributed by atoms with Crippen molar-refractivity contribution in [2.45, 2.75) is 33.3 Å². The molecule has 2 amide bonds. The standard InChI is InChI=1S/C23H23N3O3S/c1-4-20-23(28)26(12-22(27)25-17-7-5-6-14(2)10-17)19-11-16(8-9-21(19)29-20)18-13-30-15(3)24-18/h5-11,13,20H,4,12H2,1-3H3,(H,25,27). The van der Waals surface area contributed by atoms with E-state index >= 15 is 0 Å². The maximum atomic E-state index is 13.0. The minimum absolute atomic E-state index is 0.0841. The molecule has 0 aliphatic carbocycles. The monoisotopic (exact) mass is 421 g/mol. The molecule has 0 saturated heterocycles. The number of fused-ring (bicyclic) bond motifs is 1. The molecule has 1 aliphatic rings. The van der Waals surface area contributed by atoms with Crippen LogP contribution in [0, 0.1) is 13.8 Å². The molecule has 2 heterocycles. The van der Waals surface area contributed by atoms with Gasteiger partial charge in [0.05, 0.1) is 16.4 Å². The summed E-state index contributed by atoms with van der Waals surface area (Å²) >= 11 is 1.57. The molecule has 7 heteroatoms. The van der Waals surface area contributed by atoms with E-state index in [0.29, 0.717) is 23.5 Å². The number of ether oxygens (including phenoxy) is 1. The topological polar surface area (TPSA) is 71.5 Å². The summed E-state index contributed by atoms with van der Waals surface area (Å²) in [7, 11) is 0. The quantitative estimate of drug-likeness (QED) is 0.655. The second-order valence-electron chi connectivity index (χ2n) is 7.29. The van der Waals surface area contributed by atoms with Crippen molar-refractivity contribution in [2.24, 2.45) is 0 Å². The Labute approximate surface area is 179 Å². The fourth-order valence-electron chi connectivity index (χ4n) is 3.47. The summed E-state index contributed by atoms with van der Waals surface area (Å²) in [5.74, 6) is 0.128. The number of hydrogen-bond donors (Lipinski definition) is 1. The lowest BCUT2D eigenvalue weighted by molar-refractivity contribution is -0.128. The van der Waals surface area contributed by atoms with Crippen LogP contribution in [0.2, 0.25) is 0 Å². The molecule has 1 unspecified atom stereocenters. The summed E-state index contributed by atoms with van der Waals surface area (Å²) in [4.78, 5) is 31.8. The molecular weight excluding hydrogens is 398 g/mol. The van der Waals surface area contributed by atoms with Crippen LogP contribution >= 0.6 is 11.3 Å². The maximum Gasteiger partial charge on any atom is 0.268 e. The molecule has 154 valence electrons. The molecule has 3 aromatic rings. The normalized spacial score (nSPS) is 15.5. The molecule has 1 aromatic heterocycles. The number of hydrogen-bond acceptors (Lipinski definition) is 5. The minimum Gasteiger partial charge on any atom is -0.478 e. The molecule has 1 atom stereocenters. The molecule has 0 saturated carbocycles. The number of rotatable bonds is 5. The van der Waals surface area contributed by atoms with E-state index in [-0.39, 0.29) is 18.4 Å². The number of amides is 2. The SMILES string of the molecule is CCC1Oc2ccc(-c3csc(C)n3)cc2N(CC(=O)Nc2cccc(C)c2)C1=O. The van der Waals surface area contributed by atoms with Crippen LogP contribution in [-0.4, -0.2) is 29.4 Å². The number of carbonyl (C=O) groups excluding carboxylic acids is 2. The summed E-state index contributed by atoms with van der Waals surface area (Å²) in [6.45, 7) is 5.72. The Morgan fingerprint density at radius 3 is 2.77 bits per heavy atom. The number of nitrogens with one attached hydrogen (secondary N) is 1. The van der Waals surface area contributed by atoms with E-state index in [0.717, 1.165) is 21.8 Å². The first-order valence-electron chi connectivity index (χ1n) is 9.85. The van der Waals surface area contributed by atoms with Gasteiger partial charge >= 0.3 is 0 Å². The van der Waals surface area contributed by atoms with Crippen LogP contribution in [0.4, 0.5) is 11.4 Å². The van der Waals surface area contributed by atoms with E-state index in [9.17, 15) is 9.59 Å². The van der Waals surface area contributed by atoms with E-state index in [1.807, 2.05) is 68.6 Å². The first-order valence-corrected chi connectivity index (χ1v) is 10.7. The summed E-state index contributed by atoms with van der Waals surface area (Å²) in [6.07, 6.45) is -0.0713. The van der Waals surface area contributed by atoms with Crippen molar-refractivity contribution in [3.05, 3.63) is 58.4 Å². The fourth-order valence-corrected chi connectivity index (χ4v) is 4.09. The van der Waals surface area contributed by atoms with Gasteiger partial charge in [-0.1, -0.05) is 19.1 Å². The third kappa shape index (κ3) is 4.07. The molecule has 0 bridgehead atoms. The van der Waals surface area contributed by atoms with Crippen molar-refractivity contribution >= 4 is 34.5 Å². The molecule has 1 aliphatic heterocycles. The Bertz CT molecular complexity index is 1110. The van der Waals surface area contributed by atoms with Crippen LogP contribution in [-0.2, 0) is 9.59 Å². The number of aromatic nitrogens is 1. The smallest absolute Gasteiger partial charge is 0.268 e. The van der Waals surface area contributed by atoms with Crippen molar-refractivity contribution in [3.8, 4) is 17.0 Å². The molecular formula is C23H23N3O3S. The first kappa shape index (κ1) is 20.1.